The lowest BCUT2D eigenvalue weighted by Gasteiger charge is -2.22. The van der Waals surface area contributed by atoms with Gasteiger partial charge in [0.2, 0.25) is 5.91 Å². The number of hydrogen-bond acceptors (Lipinski definition) is 4. The lowest BCUT2D eigenvalue weighted by Crippen LogP contribution is -2.46. The second-order valence-corrected chi connectivity index (χ2v) is 8.01. The highest BCUT2D eigenvalue weighted by molar-refractivity contribution is 14.0. The lowest BCUT2D eigenvalue weighted by atomic mass is 9.99. The molecule has 1 aliphatic rings. The molecule has 7 nitrogen and oxygen atoms in total. The van der Waals surface area contributed by atoms with Gasteiger partial charge in [0.15, 0.2) is 5.96 Å². The van der Waals surface area contributed by atoms with Crippen LogP contribution in [-0.4, -0.2) is 68.1 Å². The Bertz CT molecular complexity index is 640. The molecule has 2 N–H and O–H groups in total. The lowest BCUT2D eigenvalue weighted by molar-refractivity contribution is -0.127. The Morgan fingerprint density at radius 1 is 1.37 bits per heavy atom. The van der Waals surface area contributed by atoms with Crippen LogP contribution < -0.4 is 15.5 Å². The van der Waals surface area contributed by atoms with Crippen LogP contribution in [-0.2, 0) is 4.79 Å². The number of halogens is 1. The number of aromatic nitrogens is 1. The first-order valence-electron chi connectivity index (χ1n) is 10.9. The fourth-order valence-corrected chi connectivity index (χ4v) is 3.45. The molecule has 1 saturated heterocycles. The minimum atomic E-state index is 0. The summed E-state index contributed by atoms with van der Waals surface area (Å²) in [7, 11) is 3.52. The molecule has 1 amide bonds. The fraction of sp³-hybridized carbons (Fsp3) is 0.682. The van der Waals surface area contributed by atoms with Crippen LogP contribution in [0, 0.1) is 5.92 Å². The van der Waals surface area contributed by atoms with Crippen LogP contribution in [0.3, 0.4) is 0 Å². The van der Waals surface area contributed by atoms with Crippen molar-refractivity contribution in [2.24, 2.45) is 10.9 Å². The number of aliphatic imine (C=N–C) groups is 1. The van der Waals surface area contributed by atoms with Gasteiger partial charge in [-0.1, -0.05) is 39.2 Å². The molecule has 0 saturated carbocycles. The fourth-order valence-electron chi connectivity index (χ4n) is 3.45. The van der Waals surface area contributed by atoms with Gasteiger partial charge in [-0.25, -0.2) is 9.98 Å². The molecule has 2 unspecified atom stereocenters. The van der Waals surface area contributed by atoms with Crippen LogP contribution in [0.2, 0.25) is 0 Å². The summed E-state index contributed by atoms with van der Waals surface area (Å²) in [5.74, 6) is 2.38. The number of carbonyl (C=O) groups is 1. The maximum atomic E-state index is 12.0. The first-order valence-corrected chi connectivity index (χ1v) is 10.9. The van der Waals surface area contributed by atoms with Gasteiger partial charge in [0.1, 0.15) is 12.4 Å². The molecule has 1 aliphatic heterocycles. The van der Waals surface area contributed by atoms with Gasteiger partial charge >= 0.3 is 0 Å². The molecule has 1 aromatic rings. The molecule has 1 fully saturated rings. The number of nitrogens with one attached hydrogen (secondary N) is 2. The molecule has 2 rings (SSSR count). The number of unbranched alkanes of at least 4 members (excludes halogenated alkanes) is 1. The van der Waals surface area contributed by atoms with Crippen LogP contribution in [0.15, 0.2) is 29.4 Å². The molecule has 2 atom stereocenters. The summed E-state index contributed by atoms with van der Waals surface area (Å²) in [6, 6.07) is 6.29. The van der Waals surface area contributed by atoms with Crippen LogP contribution in [0.25, 0.3) is 0 Å². The van der Waals surface area contributed by atoms with Gasteiger partial charge in [0.05, 0.1) is 0 Å². The van der Waals surface area contributed by atoms with Crippen molar-refractivity contribution in [1.29, 1.82) is 0 Å². The molecule has 2 heterocycles. The molecule has 0 bridgehead atoms. The SMILES string of the molecule is CCCCC(CC)CNC(=NCC(=O)N(C)C)NC1CCN(c2ccccn2)C1.I. The van der Waals surface area contributed by atoms with E-state index in [1.54, 1.807) is 19.0 Å². The van der Waals surface area contributed by atoms with E-state index in [2.05, 4.69) is 39.4 Å². The topological polar surface area (TPSA) is 72.9 Å². The molecule has 0 spiro atoms. The molecule has 1 aromatic heterocycles. The maximum absolute atomic E-state index is 12.0. The molecule has 0 aromatic carbocycles. The summed E-state index contributed by atoms with van der Waals surface area (Å²) in [6.45, 7) is 7.36. The van der Waals surface area contributed by atoms with Crippen molar-refractivity contribution in [2.45, 2.75) is 52.0 Å². The molecule has 8 heteroatoms. The van der Waals surface area contributed by atoms with E-state index in [9.17, 15) is 4.79 Å². The van der Waals surface area contributed by atoms with E-state index < -0.39 is 0 Å². The zero-order chi connectivity index (χ0) is 21.1. The van der Waals surface area contributed by atoms with Gasteiger partial charge in [0.25, 0.3) is 0 Å². The number of amides is 1. The predicted octanol–water partition coefficient (Wildman–Crippen LogP) is 3.12. The monoisotopic (exact) mass is 530 g/mol. The third-order valence-electron chi connectivity index (χ3n) is 5.48. The summed E-state index contributed by atoms with van der Waals surface area (Å²) in [5.41, 5.74) is 0. The smallest absolute Gasteiger partial charge is 0.243 e. The summed E-state index contributed by atoms with van der Waals surface area (Å²) >= 11 is 0. The summed E-state index contributed by atoms with van der Waals surface area (Å²) in [4.78, 5) is 24.9. The molecule has 30 heavy (non-hydrogen) atoms. The summed E-state index contributed by atoms with van der Waals surface area (Å²) < 4.78 is 0. The number of pyridine rings is 1. The van der Waals surface area contributed by atoms with Crippen molar-refractivity contribution in [3.8, 4) is 0 Å². The van der Waals surface area contributed by atoms with Crippen LogP contribution in [0.5, 0.6) is 0 Å². The number of nitrogens with zero attached hydrogens (tertiary/aromatic N) is 4. The van der Waals surface area contributed by atoms with Crippen LogP contribution >= 0.6 is 24.0 Å². The second-order valence-electron chi connectivity index (χ2n) is 8.01. The van der Waals surface area contributed by atoms with Crippen molar-refractivity contribution < 1.29 is 4.79 Å². The Labute approximate surface area is 199 Å². The first-order chi connectivity index (χ1) is 14.0. The van der Waals surface area contributed by atoms with E-state index in [-0.39, 0.29) is 42.5 Å². The van der Waals surface area contributed by atoms with E-state index in [1.165, 1.54) is 19.3 Å². The standard InChI is InChI=1S/C22H38N6O.HI/c1-5-7-10-18(6-2)15-24-22(25-16-21(29)27(3)4)26-19-12-14-28(17-19)20-11-8-9-13-23-20;/h8-9,11,13,18-19H,5-7,10,12,14-17H2,1-4H3,(H2,24,25,26);1H. The van der Waals surface area contributed by atoms with Crippen molar-refractivity contribution >= 4 is 41.7 Å². The van der Waals surface area contributed by atoms with Gasteiger partial charge in [-0.2, -0.15) is 0 Å². The van der Waals surface area contributed by atoms with E-state index >= 15 is 0 Å². The number of anilines is 1. The Kier molecular flexibility index (Phi) is 12.7. The Morgan fingerprint density at radius 2 is 2.17 bits per heavy atom. The van der Waals surface area contributed by atoms with E-state index in [0.29, 0.717) is 5.92 Å². The van der Waals surface area contributed by atoms with Gasteiger partial charge in [-0.3, -0.25) is 4.79 Å². The third-order valence-corrected chi connectivity index (χ3v) is 5.48. The van der Waals surface area contributed by atoms with Gasteiger partial charge in [-0.15, -0.1) is 24.0 Å². The van der Waals surface area contributed by atoms with Crippen molar-refractivity contribution in [1.82, 2.24) is 20.5 Å². The normalized spacial score (nSPS) is 17.3. The van der Waals surface area contributed by atoms with Crippen LogP contribution in [0.4, 0.5) is 5.82 Å². The number of guanidine groups is 1. The zero-order valence-corrected chi connectivity index (χ0v) is 21.3. The minimum absolute atomic E-state index is 0. The number of likely N-dealkylation sites (N-methyl/N-ethyl adjacent to an activating group) is 1. The third kappa shape index (κ3) is 9.06. The predicted molar refractivity (Wildman–Crippen MR) is 136 cm³/mol. The van der Waals surface area contributed by atoms with Crippen molar-refractivity contribution in [2.75, 3.05) is 45.2 Å². The maximum Gasteiger partial charge on any atom is 0.243 e. The first kappa shape index (κ1) is 26.5. The Hall–Kier alpha value is -1.58. The highest BCUT2D eigenvalue weighted by atomic mass is 127. The largest absolute Gasteiger partial charge is 0.356 e. The number of hydrogen-bond donors (Lipinski definition) is 2. The van der Waals surface area contributed by atoms with E-state index in [0.717, 1.165) is 44.3 Å². The van der Waals surface area contributed by atoms with E-state index in [4.69, 9.17) is 0 Å². The molecular weight excluding hydrogens is 491 g/mol. The molecule has 0 aliphatic carbocycles. The summed E-state index contributed by atoms with van der Waals surface area (Å²) in [5, 5.41) is 7.03. The van der Waals surface area contributed by atoms with Gasteiger partial charge in [0, 0.05) is 46.0 Å². The highest BCUT2D eigenvalue weighted by Crippen LogP contribution is 2.17. The van der Waals surface area contributed by atoms with Crippen molar-refractivity contribution in [3.63, 3.8) is 0 Å². The minimum Gasteiger partial charge on any atom is -0.356 e. The van der Waals surface area contributed by atoms with Crippen molar-refractivity contribution in [3.05, 3.63) is 24.4 Å². The second kappa shape index (κ2) is 14.4. The highest BCUT2D eigenvalue weighted by Gasteiger charge is 2.24. The molecule has 170 valence electrons. The van der Waals surface area contributed by atoms with Crippen LogP contribution in [0.1, 0.15) is 46.0 Å². The van der Waals surface area contributed by atoms with Gasteiger partial charge in [-0.05, 0) is 30.9 Å². The van der Waals surface area contributed by atoms with Gasteiger partial charge < -0.3 is 20.4 Å². The Balaban J connectivity index is 0.00000450. The molecule has 0 radical (unpaired) electrons. The number of carbonyl (C=O) groups excluding carboxylic acids is 1. The Morgan fingerprint density at radius 3 is 2.80 bits per heavy atom. The zero-order valence-electron chi connectivity index (χ0n) is 18.9. The summed E-state index contributed by atoms with van der Waals surface area (Å²) in [6.07, 6.45) is 7.69. The number of rotatable bonds is 10. The van der Waals surface area contributed by atoms with E-state index in [1.807, 2.05) is 24.4 Å². The average Bonchev–Trinajstić information content (AvgIpc) is 3.20. The quantitative estimate of drug-likeness (QED) is 0.276. The molecular formula is C22H39IN6O. The average molecular weight is 530 g/mol.